The first-order valence-electron chi connectivity index (χ1n) is 11.5. The Hall–Kier alpha value is -3.02. The summed E-state index contributed by atoms with van der Waals surface area (Å²) in [6.07, 6.45) is 5.48. The molecule has 0 N–H and O–H groups in total. The van der Waals surface area contributed by atoms with Gasteiger partial charge in [0.2, 0.25) is 5.52 Å². The first-order chi connectivity index (χ1) is 16.7. The Bertz CT molecular complexity index is 1350. The molecule has 0 aliphatic carbocycles. The molecule has 170 valence electrons. The number of carbonyl (C=O) groups is 1. The SMILES string of the molecule is CC(=O)SCCCN1/C(=C/c2cc[n+](Cc3ccccc3)c3ccccc23)Sc2ccccc21. The third-order valence-electron chi connectivity index (χ3n) is 5.90. The van der Waals surface area contributed by atoms with E-state index >= 15 is 0 Å². The molecule has 3 nitrogen and oxygen atoms in total. The normalized spacial score (nSPS) is 14.0. The standard InChI is InChI=1S/C29H27N2OS2/c1-22(32)33-19-9-17-31-27-14-7-8-15-28(27)34-29(31)20-24-16-18-30(21-23-10-3-2-4-11-23)26-13-6-5-12-25(24)26/h2-8,10-16,18,20H,9,17,19,21H2,1H3/q+1. The highest BCUT2D eigenvalue weighted by molar-refractivity contribution is 8.13. The summed E-state index contributed by atoms with van der Waals surface area (Å²) in [4.78, 5) is 15.0. The van der Waals surface area contributed by atoms with Crippen molar-refractivity contribution in [2.24, 2.45) is 0 Å². The molecule has 5 rings (SSSR count). The molecule has 3 aromatic carbocycles. The van der Waals surface area contributed by atoms with Crippen LogP contribution in [0.5, 0.6) is 0 Å². The van der Waals surface area contributed by atoms with E-state index in [0.29, 0.717) is 0 Å². The van der Waals surface area contributed by atoms with Gasteiger partial charge < -0.3 is 4.90 Å². The Morgan fingerprint density at radius 3 is 2.59 bits per heavy atom. The van der Waals surface area contributed by atoms with Crippen LogP contribution < -0.4 is 9.47 Å². The smallest absolute Gasteiger partial charge is 0.213 e. The number of thioether (sulfide) groups is 2. The summed E-state index contributed by atoms with van der Waals surface area (Å²) in [6, 6.07) is 30.0. The summed E-state index contributed by atoms with van der Waals surface area (Å²) < 4.78 is 2.32. The maximum Gasteiger partial charge on any atom is 0.213 e. The van der Waals surface area contributed by atoms with Crippen molar-refractivity contribution in [3.8, 4) is 0 Å². The molecule has 4 aromatic rings. The fourth-order valence-corrected chi connectivity index (χ4v) is 6.02. The Labute approximate surface area is 209 Å². The van der Waals surface area contributed by atoms with Crippen LogP contribution in [0.25, 0.3) is 17.0 Å². The molecule has 0 atom stereocenters. The Morgan fingerprint density at radius 2 is 1.74 bits per heavy atom. The number of aromatic nitrogens is 1. The van der Waals surface area contributed by atoms with Crippen LogP contribution in [0.4, 0.5) is 5.69 Å². The Kier molecular flexibility index (Phi) is 7.02. The zero-order valence-corrected chi connectivity index (χ0v) is 20.8. The van der Waals surface area contributed by atoms with Gasteiger partial charge in [-0.25, -0.2) is 0 Å². The number of fused-ring (bicyclic) bond motifs is 2. The molecule has 1 aliphatic heterocycles. The van der Waals surface area contributed by atoms with E-state index < -0.39 is 0 Å². The summed E-state index contributed by atoms with van der Waals surface area (Å²) in [5.74, 6) is 0.847. The van der Waals surface area contributed by atoms with Crippen LogP contribution in [0.15, 0.2) is 101 Å². The third-order valence-corrected chi connectivity index (χ3v) is 7.91. The first kappa shape index (κ1) is 22.8. The predicted octanol–water partition coefficient (Wildman–Crippen LogP) is 6.76. The molecule has 0 amide bonds. The molecule has 2 heterocycles. The van der Waals surface area contributed by atoms with Gasteiger partial charge in [0.1, 0.15) is 0 Å². The van der Waals surface area contributed by atoms with Crippen LogP contribution in [0.2, 0.25) is 0 Å². The molecule has 0 unspecified atom stereocenters. The highest BCUT2D eigenvalue weighted by Gasteiger charge is 2.25. The van der Waals surface area contributed by atoms with Gasteiger partial charge in [0.25, 0.3) is 0 Å². The Balaban J connectivity index is 1.48. The average Bonchev–Trinajstić information content (AvgIpc) is 3.21. The highest BCUT2D eigenvalue weighted by Crippen LogP contribution is 2.46. The molecule has 0 radical (unpaired) electrons. The summed E-state index contributed by atoms with van der Waals surface area (Å²) >= 11 is 3.24. The molecule has 0 saturated carbocycles. The van der Waals surface area contributed by atoms with E-state index in [0.717, 1.165) is 25.3 Å². The van der Waals surface area contributed by atoms with Crippen molar-refractivity contribution < 1.29 is 9.36 Å². The van der Waals surface area contributed by atoms with E-state index in [9.17, 15) is 4.79 Å². The Morgan fingerprint density at radius 1 is 0.971 bits per heavy atom. The van der Waals surface area contributed by atoms with Crippen molar-refractivity contribution in [3.63, 3.8) is 0 Å². The summed E-state index contributed by atoms with van der Waals surface area (Å²) in [6.45, 7) is 3.38. The molecule has 5 heteroatoms. The minimum Gasteiger partial charge on any atom is -0.335 e. The van der Waals surface area contributed by atoms with Gasteiger partial charge in [0.15, 0.2) is 17.9 Å². The van der Waals surface area contributed by atoms with Crippen molar-refractivity contribution in [2.45, 2.75) is 24.8 Å². The van der Waals surface area contributed by atoms with E-state index in [1.165, 1.54) is 49.4 Å². The van der Waals surface area contributed by atoms with Gasteiger partial charge in [-0.05, 0) is 36.3 Å². The fourth-order valence-electron chi connectivity index (χ4n) is 4.31. The number of para-hydroxylation sites is 2. The lowest BCUT2D eigenvalue weighted by atomic mass is 10.1. The zero-order chi connectivity index (χ0) is 23.3. The van der Waals surface area contributed by atoms with Gasteiger partial charge >= 0.3 is 0 Å². The number of hydrogen-bond donors (Lipinski definition) is 0. The first-order valence-corrected chi connectivity index (χ1v) is 13.3. The monoisotopic (exact) mass is 483 g/mol. The molecule has 0 spiro atoms. The molecule has 34 heavy (non-hydrogen) atoms. The maximum atomic E-state index is 11.3. The van der Waals surface area contributed by atoms with E-state index in [4.69, 9.17) is 0 Å². The van der Waals surface area contributed by atoms with Gasteiger partial charge in [-0.1, -0.05) is 78.1 Å². The fraction of sp³-hybridized carbons (Fsp3) is 0.172. The second-order valence-electron chi connectivity index (χ2n) is 8.30. The number of benzene rings is 3. The molecule has 1 aromatic heterocycles. The molecule has 1 aliphatic rings. The van der Waals surface area contributed by atoms with E-state index in [2.05, 4.69) is 107 Å². The molecular weight excluding hydrogens is 456 g/mol. The third kappa shape index (κ3) is 5.06. The predicted molar refractivity (Wildman–Crippen MR) is 145 cm³/mol. The summed E-state index contributed by atoms with van der Waals surface area (Å²) in [5, 5.41) is 2.67. The summed E-state index contributed by atoms with van der Waals surface area (Å²) in [7, 11) is 0. The van der Waals surface area contributed by atoms with E-state index in [-0.39, 0.29) is 5.12 Å². The van der Waals surface area contributed by atoms with Gasteiger partial charge in [-0.2, -0.15) is 4.57 Å². The average molecular weight is 484 g/mol. The molecule has 0 fully saturated rings. The second-order valence-corrected chi connectivity index (χ2v) is 10.6. The maximum absolute atomic E-state index is 11.3. The van der Waals surface area contributed by atoms with Crippen LogP contribution in [0.1, 0.15) is 24.5 Å². The van der Waals surface area contributed by atoms with Crippen LogP contribution in [-0.2, 0) is 11.3 Å². The minimum atomic E-state index is 0.187. The topological polar surface area (TPSA) is 24.2 Å². The van der Waals surface area contributed by atoms with Gasteiger partial charge in [-0.3, -0.25) is 4.79 Å². The second kappa shape index (κ2) is 10.5. The number of anilines is 1. The minimum absolute atomic E-state index is 0.187. The van der Waals surface area contributed by atoms with Crippen LogP contribution >= 0.6 is 23.5 Å². The highest BCUT2D eigenvalue weighted by atomic mass is 32.2. The van der Waals surface area contributed by atoms with Crippen LogP contribution in [0, 0.1) is 0 Å². The largest absolute Gasteiger partial charge is 0.335 e. The number of nitrogens with zero attached hydrogens (tertiary/aromatic N) is 2. The van der Waals surface area contributed by atoms with Crippen molar-refractivity contribution >= 4 is 51.3 Å². The lowest BCUT2D eigenvalue weighted by molar-refractivity contribution is -0.662. The van der Waals surface area contributed by atoms with Crippen molar-refractivity contribution in [1.82, 2.24) is 0 Å². The number of pyridine rings is 1. The van der Waals surface area contributed by atoms with Gasteiger partial charge in [0.05, 0.1) is 16.1 Å². The number of rotatable bonds is 7. The molecule has 0 bridgehead atoms. The summed E-state index contributed by atoms with van der Waals surface area (Å²) in [5.41, 5.74) is 5.00. The van der Waals surface area contributed by atoms with Crippen LogP contribution in [0.3, 0.4) is 0 Å². The van der Waals surface area contributed by atoms with Gasteiger partial charge in [-0.15, -0.1) is 0 Å². The van der Waals surface area contributed by atoms with Crippen molar-refractivity contribution in [3.05, 3.63) is 107 Å². The van der Waals surface area contributed by atoms with Crippen LogP contribution in [-0.4, -0.2) is 17.4 Å². The van der Waals surface area contributed by atoms with Crippen molar-refractivity contribution in [1.29, 1.82) is 0 Å². The van der Waals surface area contributed by atoms with E-state index in [1.807, 2.05) is 11.8 Å². The molecular formula is C29H27N2OS2+. The van der Waals surface area contributed by atoms with Crippen molar-refractivity contribution in [2.75, 3.05) is 17.2 Å². The lowest BCUT2D eigenvalue weighted by Crippen LogP contribution is -2.34. The van der Waals surface area contributed by atoms with E-state index in [1.54, 1.807) is 6.92 Å². The number of hydrogen-bond acceptors (Lipinski definition) is 4. The lowest BCUT2D eigenvalue weighted by Gasteiger charge is -2.20. The number of carbonyl (C=O) groups excluding carboxylic acids is 1. The quantitative estimate of drug-likeness (QED) is 0.214. The zero-order valence-electron chi connectivity index (χ0n) is 19.2. The van der Waals surface area contributed by atoms with Gasteiger partial charge in [0, 0.05) is 41.8 Å². The molecule has 0 saturated heterocycles.